The Hall–Kier alpha value is -3.60. The third-order valence-electron chi connectivity index (χ3n) is 4.85. The number of carbonyl (C=O) groups is 1. The summed E-state index contributed by atoms with van der Waals surface area (Å²) in [6.45, 7) is 3.76. The molecule has 0 saturated carbocycles. The fourth-order valence-electron chi connectivity index (χ4n) is 3.46. The highest BCUT2D eigenvalue weighted by Gasteiger charge is 2.18. The molecule has 0 fully saturated rings. The van der Waals surface area contributed by atoms with Crippen LogP contribution in [0.4, 0.5) is 0 Å². The Bertz CT molecular complexity index is 1220. The van der Waals surface area contributed by atoms with Crippen LogP contribution in [0.3, 0.4) is 0 Å². The van der Waals surface area contributed by atoms with Gasteiger partial charge in [-0.3, -0.25) is 4.79 Å². The molecule has 0 aliphatic heterocycles. The number of para-hydroxylation sites is 2. The Morgan fingerprint density at radius 2 is 1.71 bits per heavy atom. The standard InChI is InChI=1S/C23H20N2O3/c1-15-12-20(16(2)25(15)19-9-4-3-5-10-19)23(27)28-14-18-13-17-8-6-7-11-21(17)24-22(18)26/h3-13H,14H2,1-2H3,(H,24,26). The fraction of sp³-hybridized carbons (Fsp3) is 0.130. The number of carbonyl (C=O) groups excluding carboxylic acids is 1. The minimum atomic E-state index is -0.442. The lowest BCUT2D eigenvalue weighted by molar-refractivity contribution is 0.0470. The van der Waals surface area contributed by atoms with Crippen molar-refractivity contribution < 1.29 is 9.53 Å². The van der Waals surface area contributed by atoms with Crippen molar-refractivity contribution in [3.05, 3.63) is 99.6 Å². The number of aryl methyl sites for hydroxylation is 1. The highest BCUT2D eigenvalue weighted by molar-refractivity contribution is 5.91. The molecular formula is C23H20N2O3. The summed E-state index contributed by atoms with van der Waals surface area (Å²) in [5, 5.41) is 0.899. The van der Waals surface area contributed by atoms with E-state index in [9.17, 15) is 9.59 Å². The minimum Gasteiger partial charge on any atom is -0.457 e. The van der Waals surface area contributed by atoms with E-state index in [1.54, 1.807) is 6.07 Å². The molecule has 0 bridgehead atoms. The molecule has 0 aliphatic rings. The van der Waals surface area contributed by atoms with Gasteiger partial charge in [0.1, 0.15) is 6.61 Å². The van der Waals surface area contributed by atoms with Gasteiger partial charge in [-0.1, -0.05) is 36.4 Å². The molecule has 4 aromatic rings. The molecule has 0 atom stereocenters. The van der Waals surface area contributed by atoms with Crippen molar-refractivity contribution in [2.45, 2.75) is 20.5 Å². The number of fused-ring (bicyclic) bond motifs is 1. The number of benzene rings is 2. The summed E-state index contributed by atoms with van der Waals surface area (Å²) in [4.78, 5) is 27.7. The Morgan fingerprint density at radius 1 is 1.00 bits per heavy atom. The molecule has 5 nitrogen and oxygen atoms in total. The number of pyridine rings is 1. The first-order valence-electron chi connectivity index (χ1n) is 9.07. The van der Waals surface area contributed by atoms with Crippen LogP contribution in [0.2, 0.25) is 0 Å². The molecular weight excluding hydrogens is 352 g/mol. The van der Waals surface area contributed by atoms with Gasteiger partial charge in [0, 0.05) is 22.6 Å². The summed E-state index contributed by atoms with van der Waals surface area (Å²) in [6, 6.07) is 20.9. The van der Waals surface area contributed by atoms with Gasteiger partial charge in [-0.2, -0.15) is 0 Å². The molecule has 0 radical (unpaired) electrons. The number of esters is 1. The largest absolute Gasteiger partial charge is 0.457 e. The van der Waals surface area contributed by atoms with Gasteiger partial charge in [0.15, 0.2) is 0 Å². The van der Waals surface area contributed by atoms with Crippen molar-refractivity contribution in [1.82, 2.24) is 9.55 Å². The minimum absolute atomic E-state index is 0.0754. The maximum Gasteiger partial charge on any atom is 0.340 e. The Morgan fingerprint density at radius 3 is 2.50 bits per heavy atom. The molecule has 0 saturated heterocycles. The molecule has 2 heterocycles. The van der Waals surface area contributed by atoms with E-state index in [0.29, 0.717) is 11.1 Å². The van der Waals surface area contributed by atoms with Crippen LogP contribution >= 0.6 is 0 Å². The number of hydrogen-bond acceptors (Lipinski definition) is 3. The van der Waals surface area contributed by atoms with Crippen LogP contribution < -0.4 is 5.56 Å². The molecule has 28 heavy (non-hydrogen) atoms. The number of rotatable bonds is 4. The molecule has 0 spiro atoms. The number of H-pyrrole nitrogens is 1. The third-order valence-corrected chi connectivity index (χ3v) is 4.85. The van der Waals surface area contributed by atoms with Crippen molar-refractivity contribution in [2.24, 2.45) is 0 Å². The molecule has 4 rings (SSSR count). The summed E-state index contributed by atoms with van der Waals surface area (Å²) < 4.78 is 7.47. The lowest BCUT2D eigenvalue weighted by Gasteiger charge is -2.10. The second-order valence-electron chi connectivity index (χ2n) is 6.74. The molecule has 0 unspecified atom stereocenters. The zero-order chi connectivity index (χ0) is 19.7. The van der Waals surface area contributed by atoms with Crippen LogP contribution in [0.15, 0.2) is 71.5 Å². The second-order valence-corrected chi connectivity index (χ2v) is 6.74. The van der Waals surface area contributed by atoms with E-state index in [4.69, 9.17) is 4.74 Å². The Labute approximate surface area is 162 Å². The predicted molar refractivity (Wildman–Crippen MR) is 109 cm³/mol. The van der Waals surface area contributed by atoms with E-state index >= 15 is 0 Å². The molecule has 0 amide bonds. The molecule has 2 aromatic heterocycles. The van der Waals surface area contributed by atoms with Crippen molar-refractivity contribution >= 4 is 16.9 Å². The van der Waals surface area contributed by atoms with Crippen LogP contribution in [0.1, 0.15) is 27.3 Å². The SMILES string of the molecule is Cc1cc(C(=O)OCc2cc3ccccc3[nH]c2=O)c(C)n1-c1ccccc1. The molecule has 1 N–H and O–H groups in total. The zero-order valence-electron chi connectivity index (χ0n) is 15.7. The summed E-state index contributed by atoms with van der Waals surface area (Å²) >= 11 is 0. The first kappa shape index (κ1) is 17.8. The number of nitrogens with one attached hydrogen (secondary N) is 1. The number of aromatic amines is 1. The third kappa shape index (κ3) is 3.22. The summed E-state index contributed by atoms with van der Waals surface area (Å²) in [5.74, 6) is -0.442. The maximum absolute atomic E-state index is 12.7. The number of ether oxygens (including phenoxy) is 1. The van der Waals surface area contributed by atoms with Crippen molar-refractivity contribution in [3.63, 3.8) is 0 Å². The van der Waals surface area contributed by atoms with Gasteiger partial charge in [-0.25, -0.2) is 4.79 Å². The Kier molecular flexibility index (Phi) is 4.57. The van der Waals surface area contributed by atoms with Gasteiger partial charge in [0.2, 0.25) is 0 Å². The van der Waals surface area contributed by atoms with Crippen molar-refractivity contribution in [1.29, 1.82) is 0 Å². The average molecular weight is 372 g/mol. The topological polar surface area (TPSA) is 64.1 Å². The second kappa shape index (κ2) is 7.19. The summed E-state index contributed by atoms with van der Waals surface area (Å²) in [6.07, 6.45) is 0. The first-order chi connectivity index (χ1) is 13.5. The highest BCUT2D eigenvalue weighted by Crippen LogP contribution is 2.21. The van der Waals surface area contributed by atoms with Gasteiger partial charge < -0.3 is 14.3 Å². The lowest BCUT2D eigenvalue weighted by Crippen LogP contribution is -2.15. The van der Waals surface area contributed by atoms with Gasteiger partial charge in [0.05, 0.1) is 11.1 Å². The first-order valence-corrected chi connectivity index (χ1v) is 9.07. The van der Waals surface area contributed by atoms with E-state index < -0.39 is 5.97 Å². The molecule has 5 heteroatoms. The molecule has 0 aliphatic carbocycles. The Balaban J connectivity index is 1.58. The quantitative estimate of drug-likeness (QED) is 0.544. The number of hydrogen-bond donors (Lipinski definition) is 1. The van der Waals surface area contributed by atoms with Crippen LogP contribution in [-0.4, -0.2) is 15.5 Å². The van der Waals surface area contributed by atoms with Crippen LogP contribution in [0, 0.1) is 13.8 Å². The predicted octanol–water partition coefficient (Wildman–Crippen LogP) is 4.29. The maximum atomic E-state index is 12.7. The van der Waals surface area contributed by atoms with Gasteiger partial charge in [-0.05, 0) is 49.6 Å². The lowest BCUT2D eigenvalue weighted by atomic mass is 10.1. The van der Waals surface area contributed by atoms with Crippen molar-refractivity contribution in [2.75, 3.05) is 0 Å². The number of aromatic nitrogens is 2. The van der Waals surface area contributed by atoms with Crippen LogP contribution in [0.5, 0.6) is 0 Å². The fourth-order valence-corrected chi connectivity index (χ4v) is 3.46. The van der Waals surface area contributed by atoms with Crippen molar-refractivity contribution in [3.8, 4) is 5.69 Å². The smallest absolute Gasteiger partial charge is 0.340 e. The van der Waals surface area contributed by atoms with E-state index in [0.717, 1.165) is 28.0 Å². The summed E-state index contributed by atoms with van der Waals surface area (Å²) in [7, 11) is 0. The normalized spacial score (nSPS) is 10.9. The van der Waals surface area contributed by atoms with Crippen LogP contribution in [-0.2, 0) is 11.3 Å². The van der Waals surface area contributed by atoms with E-state index in [1.165, 1.54) is 0 Å². The van der Waals surface area contributed by atoms with Gasteiger partial charge >= 0.3 is 5.97 Å². The molecule has 140 valence electrons. The van der Waals surface area contributed by atoms with E-state index in [2.05, 4.69) is 4.98 Å². The van der Waals surface area contributed by atoms with E-state index in [1.807, 2.05) is 79.1 Å². The highest BCUT2D eigenvalue weighted by atomic mass is 16.5. The van der Waals surface area contributed by atoms with Gasteiger partial charge in [-0.15, -0.1) is 0 Å². The number of nitrogens with zero attached hydrogens (tertiary/aromatic N) is 1. The zero-order valence-corrected chi connectivity index (χ0v) is 15.7. The molecule has 2 aromatic carbocycles. The monoisotopic (exact) mass is 372 g/mol. The van der Waals surface area contributed by atoms with E-state index in [-0.39, 0.29) is 12.2 Å². The van der Waals surface area contributed by atoms with Crippen LogP contribution in [0.25, 0.3) is 16.6 Å². The average Bonchev–Trinajstić information content (AvgIpc) is 3.01. The van der Waals surface area contributed by atoms with Gasteiger partial charge in [0.25, 0.3) is 5.56 Å². The summed E-state index contributed by atoms with van der Waals surface area (Å²) in [5.41, 5.74) is 4.17.